The van der Waals surface area contributed by atoms with E-state index in [1.807, 2.05) is 0 Å². The molecule has 7 nitrogen and oxygen atoms in total. The van der Waals surface area contributed by atoms with Crippen LogP contribution in [0.1, 0.15) is 21.5 Å². The summed E-state index contributed by atoms with van der Waals surface area (Å²) in [5.41, 5.74) is -0.145. The first-order valence-electron chi connectivity index (χ1n) is 10.5. The number of nitrogens with one attached hydrogen (secondary N) is 1. The second kappa shape index (κ2) is 10.2. The van der Waals surface area contributed by atoms with Crippen LogP contribution in [0.4, 0.5) is 18.9 Å². The molecule has 0 saturated carbocycles. The predicted octanol–water partition coefficient (Wildman–Crippen LogP) is 4.15. The van der Waals surface area contributed by atoms with Gasteiger partial charge in [0.05, 0.1) is 41.0 Å². The first-order chi connectivity index (χ1) is 16.3. The van der Waals surface area contributed by atoms with Gasteiger partial charge in [0.1, 0.15) is 0 Å². The van der Waals surface area contributed by atoms with E-state index in [-0.39, 0.29) is 40.4 Å². The molecule has 0 spiro atoms. The first-order valence-corrected chi connectivity index (χ1v) is 12.4. The van der Waals surface area contributed by atoms with Crippen LogP contribution in [0.2, 0.25) is 0 Å². The number of aromatic nitrogens is 1. The summed E-state index contributed by atoms with van der Waals surface area (Å²) in [5, 5.41) is 12.9. The van der Waals surface area contributed by atoms with Gasteiger partial charge in [0, 0.05) is 30.8 Å². The number of aliphatic hydroxyl groups is 1. The molecule has 11 heteroatoms. The number of hydrogen-bond donors (Lipinski definition) is 2. The number of methoxy groups -OCH3 is 1. The maximum atomic E-state index is 13.7. The summed E-state index contributed by atoms with van der Waals surface area (Å²) in [4.78, 5) is 13.1. The lowest BCUT2D eigenvalue weighted by molar-refractivity contribution is -0.137. The van der Waals surface area contributed by atoms with Crippen molar-refractivity contribution < 1.29 is 36.2 Å². The SMILES string of the molecule is COCC(O)Cn1cc(C(=O)Nc2ccc(S(C)(=O)=O)cc2)c(C)c1-c1ccccc1C(F)(F)F. The number of anilines is 1. The Bertz CT molecular complexity index is 1320. The van der Waals surface area contributed by atoms with Gasteiger partial charge in [-0.1, -0.05) is 18.2 Å². The first kappa shape index (κ1) is 26.5. The van der Waals surface area contributed by atoms with E-state index < -0.39 is 33.6 Å². The minimum absolute atomic E-state index is 0.0498. The van der Waals surface area contributed by atoms with Crippen LogP contribution in [0.25, 0.3) is 11.3 Å². The zero-order chi connectivity index (χ0) is 26.0. The minimum atomic E-state index is -4.63. The van der Waals surface area contributed by atoms with E-state index in [0.717, 1.165) is 12.3 Å². The summed E-state index contributed by atoms with van der Waals surface area (Å²) in [6.07, 6.45) is -3.21. The molecule has 1 atom stereocenters. The molecular weight excluding hydrogens is 485 g/mol. The Balaban J connectivity index is 2.05. The number of benzene rings is 2. The van der Waals surface area contributed by atoms with Crippen LogP contribution in [0, 0.1) is 6.92 Å². The third-order valence-corrected chi connectivity index (χ3v) is 6.50. The van der Waals surface area contributed by atoms with E-state index in [1.165, 1.54) is 67.3 Å². The molecule has 0 aliphatic carbocycles. The van der Waals surface area contributed by atoms with E-state index >= 15 is 0 Å². The number of hydrogen-bond acceptors (Lipinski definition) is 5. The van der Waals surface area contributed by atoms with Gasteiger partial charge in [0.2, 0.25) is 0 Å². The van der Waals surface area contributed by atoms with Gasteiger partial charge in [-0.05, 0) is 42.8 Å². The van der Waals surface area contributed by atoms with Gasteiger partial charge in [-0.3, -0.25) is 4.79 Å². The molecule has 3 rings (SSSR count). The molecule has 188 valence electrons. The van der Waals surface area contributed by atoms with Crippen molar-refractivity contribution in [1.82, 2.24) is 4.57 Å². The molecule has 0 aliphatic heterocycles. The second-order valence-electron chi connectivity index (χ2n) is 8.07. The largest absolute Gasteiger partial charge is 0.417 e. The average Bonchev–Trinajstić information content (AvgIpc) is 3.08. The normalized spacial score (nSPS) is 13.0. The fourth-order valence-corrected chi connectivity index (χ4v) is 4.41. The van der Waals surface area contributed by atoms with Crippen molar-refractivity contribution in [2.24, 2.45) is 0 Å². The zero-order valence-electron chi connectivity index (χ0n) is 19.3. The second-order valence-corrected chi connectivity index (χ2v) is 10.1. The molecule has 35 heavy (non-hydrogen) atoms. The molecule has 1 aromatic heterocycles. The number of carbonyl (C=O) groups excluding carboxylic acids is 1. The van der Waals surface area contributed by atoms with E-state index in [4.69, 9.17) is 4.74 Å². The molecule has 1 amide bonds. The highest BCUT2D eigenvalue weighted by Gasteiger charge is 2.35. The highest BCUT2D eigenvalue weighted by molar-refractivity contribution is 7.90. The van der Waals surface area contributed by atoms with E-state index in [2.05, 4.69) is 5.32 Å². The van der Waals surface area contributed by atoms with Crippen molar-refractivity contribution in [3.63, 3.8) is 0 Å². The van der Waals surface area contributed by atoms with Gasteiger partial charge in [-0.2, -0.15) is 13.2 Å². The maximum Gasteiger partial charge on any atom is 0.417 e. The van der Waals surface area contributed by atoms with Crippen molar-refractivity contribution in [1.29, 1.82) is 0 Å². The number of amides is 1. The Kier molecular flexibility index (Phi) is 7.73. The Morgan fingerprint density at radius 3 is 2.34 bits per heavy atom. The fraction of sp³-hybridized carbons (Fsp3) is 0.292. The van der Waals surface area contributed by atoms with Gasteiger partial charge >= 0.3 is 6.18 Å². The molecule has 1 heterocycles. The molecule has 0 bridgehead atoms. The van der Waals surface area contributed by atoms with Gasteiger partial charge in [-0.25, -0.2) is 8.42 Å². The number of ether oxygens (including phenoxy) is 1. The van der Waals surface area contributed by atoms with Gasteiger partial charge in [0.15, 0.2) is 9.84 Å². The quantitative estimate of drug-likeness (QED) is 0.475. The van der Waals surface area contributed by atoms with E-state index in [9.17, 15) is 31.5 Å². The average molecular weight is 511 g/mol. The van der Waals surface area contributed by atoms with Gasteiger partial charge in [-0.15, -0.1) is 0 Å². The lowest BCUT2D eigenvalue weighted by atomic mass is 10.00. The van der Waals surface area contributed by atoms with Crippen molar-refractivity contribution in [2.75, 3.05) is 25.3 Å². The standard InChI is InChI=1S/C24H25F3N2O5S/c1-15-20(23(31)28-16-8-10-18(11-9-16)35(3,32)33)13-29(12-17(30)14-34-2)22(15)19-6-4-5-7-21(19)24(25,26)27/h4-11,13,17,30H,12,14H2,1-3H3,(H,28,31). The Morgan fingerprint density at radius 2 is 1.77 bits per heavy atom. The third kappa shape index (κ3) is 6.11. The number of nitrogens with zero attached hydrogens (tertiary/aromatic N) is 1. The number of carbonyl (C=O) groups is 1. The highest BCUT2D eigenvalue weighted by Crippen LogP contribution is 2.39. The molecule has 3 aromatic rings. The molecule has 2 N–H and O–H groups in total. The van der Waals surface area contributed by atoms with Crippen molar-refractivity contribution in [3.8, 4) is 11.3 Å². The molecule has 2 aromatic carbocycles. The van der Waals surface area contributed by atoms with Crippen molar-refractivity contribution in [2.45, 2.75) is 30.6 Å². The van der Waals surface area contributed by atoms with Crippen molar-refractivity contribution >= 4 is 21.4 Å². The third-order valence-electron chi connectivity index (χ3n) is 5.37. The van der Waals surface area contributed by atoms with Gasteiger partial charge < -0.3 is 19.7 Å². The van der Waals surface area contributed by atoms with Crippen LogP contribution in [0.5, 0.6) is 0 Å². The molecular formula is C24H25F3N2O5S. The lowest BCUT2D eigenvalue weighted by Crippen LogP contribution is -2.21. The molecule has 0 radical (unpaired) electrons. The summed E-state index contributed by atoms with van der Waals surface area (Å²) in [6.45, 7) is 1.38. The van der Waals surface area contributed by atoms with Crippen LogP contribution < -0.4 is 5.32 Å². The molecule has 0 saturated heterocycles. The van der Waals surface area contributed by atoms with E-state index in [1.54, 1.807) is 0 Å². The fourth-order valence-electron chi connectivity index (χ4n) is 3.78. The smallest absolute Gasteiger partial charge is 0.389 e. The predicted molar refractivity (Wildman–Crippen MR) is 125 cm³/mol. The summed E-state index contributed by atoms with van der Waals surface area (Å²) in [6, 6.07) is 10.5. The summed E-state index contributed by atoms with van der Waals surface area (Å²) < 4.78 is 70.9. The van der Waals surface area contributed by atoms with E-state index in [0.29, 0.717) is 5.69 Å². The Labute approximate surface area is 201 Å². The molecule has 0 fully saturated rings. The number of sulfone groups is 1. The minimum Gasteiger partial charge on any atom is -0.389 e. The van der Waals surface area contributed by atoms with Crippen LogP contribution in [0.15, 0.2) is 59.6 Å². The van der Waals surface area contributed by atoms with Crippen LogP contribution in [-0.2, 0) is 27.3 Å². The summed E-state index contributed by atoms with van der Waals surface area (Å²) in [5.74, 6) is -0.597. The lowest BCUT2D eigenvalue weighted by Gasteiger charge is -2.18. The van der Waals surface area contributed by atoms with Crippen LogP contribution >= 0.6 is 0 Å². The van der Waals surface area contributed by atoms with Crippen LogP contribution in [-0.4, -0.2) is 50.1 Å². The monoisotopic (exact) mass is 510 g/mol. The Morgan fingerprint density at radius 1 is 1.14 bits per heavy atom. The molecule has 1 unspecified atom stereocenters. The highest BCUT2D eigenvalue weighted by atomic mass is 32.2. The van der Waals surface area contributed by atoms with Crippen LogP contribution in [0.3, 0.4) is 0 Å². The molecule has 0 aliphatic rings. The number of aliphatic hydroxyl groups excluding tert-OH is 1. The summed E-state index contributed by atoms with van der Waals surface area (Å²) >= 11 is 0. The van der Waals surface area contributed by atoms with Gasteiger partial charge in [0.25, 0.3) is 5.91 Å². The number of rotatable bonds is 8. The Hall–Kier alpha value is -3.15. The zero-order valence-corrected chi connectivity index (χ0v) is 20.1. The summed E-state index contributed by atoms with van der Waals surface area (Å²) in [7, 11) is -2.03. The number of halogens is 3. The number of alkyl halides is 3. The topological polar surface area (TPSA) is 97.6 Å². The maximum absolute atomic E-state index is 13.7. The van der Waals surface area contributed by atoms with Crippen molar-refractivity contribution in [3.05, 3.63) is 71.4 Å².